The van der Waals surface area contributed by atoms with Crippen molar-refractivity contribution in [3.05, 3.63) is 9.15 Å². The van der Waals surface area contributed by atoms with E-state index in [1.54, 1.807) is 13.8 Å². The number of phosphoric ester groups is 1. The van der Waals surface area contributed by atoms with E-state index in [0.717, 1.165) is 0 Å². The molecule has 0 aromatic carbocycles. The van der Waals surface area contributed by atoms with E-state index < -0.39 is 20.0 Å². The van der Waals surface area contributed by atoms with E-state index in [1.807, 2.05) is 0 Å². The summed E-state index contributed by atoms with van der Waals surface area (Å²) in [6.07, 6.45) is -1.03. The zero-order valence-electron chi connectivity index (χ0n) is 10.3. The molecule has 0 aliphatic carbocycles. The highest BCUT2D eigenvalue weighted by atomic mass is 79.9. The van der Waals surface area contributed by atoms with Crippen molar-refractivity contribution in [2.75, 3.05) is 13.2 Å². The minimum absolute atomic E-state index is 0.117. The van der Waals surface area contributed by atoms with Crippen LogP contribution in [0.15, 0.2) is 9.15 Å². The summed E-state index contributed by atoms with van der Waals surface area (Å²) in [6, 6.07) is 0. The molecule has 3 unspecified atom stereocenters. The average Bonchev–Trinajstić information content (AvgIpc) is 2.22. The Morgan fingerprint density at radius 1 is 1.33 bits per heavy atom. The SMILES string of the molecule is CC(OP(=O)(O)OCC(C)OCC(C)O)=C(Br)Br. The van der Waals surface area contributed by atoms with E-state index in [1.165, 1.54) is 6.92 Å². The number of ether oxygens (including phenoxy) is 1. The largest absolute Gasteiger partial charge is 0.527 e. The van der Waals surface area contributed by atoms with Gasteiger partial charge in [0.1, 0.15) is 5.76 Å². The number of aliphatic hydroxyl groups excluding tert-OH is 1. The Morgan fingerprint density at radius 2 is 1.89 bits per heavy atom. The zero-order valence-corrected chi connectivity index (χ0v) is 14.4. The quantitative estimate of drug-likeness (QED) is 0.471. The summed E-state index contributed by atoms with van der Waals surface area (Å²) in [5, 5.41) is 9.00. The van der Waals surface area contributed by atoms with Gasteiger partial charge in [-0.1, -0.05) is 0 Å². The maximum absolute atomic E-state index is 11.5. The van der Waals surface area contributed by atoms with Gasteiger partial charge in [0.15, 0.2) is 0 Å². The molecule has 18 heavy (non-hydrogen) atoms. The van der Waals surface area contributed by atoms with Gasteiger partial charge in [0.25, 0.3) is 0 Å². The molecular formula is C9H17Br2O6P. The fraction of sp³-hybridized carbons (Fsp3) is 0.778. The molecule has 0 spiro atoms. The van der Waals surface area contributed by atoms with Crippen LogP contribution in [0.25, 0.3) is 0 Å². The minimum Gasteiger partial charge on any atom is -0.407 e. The van der Waals surface area contributed by atoms with Gasteiger partial charge >= 0.3 is 7.82 Å². The minimum atomic E-state index is -4.16. The van der Waals surface area contributed by atoms with Gasteiger partial charge in [-0.15, -0.1) is 0 Å². The molecule has 9 heteroatoms. The third-order valence-electron chi connectivity index (χ3n) is 1.61. The van der Waals surface area contributed by atoms with Crippen molar-refractivity contribution in [1.29, 1.82) is 0 Å². The highest BCUT2D eigenvalue weighted by molar-refractivity contribution is 9.28. The predicted octanol–water partition coefficient (Wildman–Crippen LogP) is 2.88. The molecule has 0 saturated heterocycles. The lowest BCUT2D eigenvalue weighted by molar-refractivity contribution is -0.0181. The number of allylic oxidation sites excluding steroid dienone is 1. The van der Waals surface area contributed by atoms with Crippen molar-refractivity contribution in [2.24, 2.45) is 0 Å². The molecule has 0 aliphatic rings. The van der Waals surface area contributed by atoms with E-state index in [-0.39, 0.29) is 19.0 Å². The van der Waals surface area contributed by atoms with Gasteiger partial charge in [-0.05, 0) is 52.6 Å². The molecule has 0 rings (SSSR count). The summed E-state index contributed by atoms with van der Waals surface area (Å²) in [5.41, 5.74) is 0. The van der Waals surface area contributed by atoms with Gasteiger partial charge in [-0.2, -0.15) is 0 Å². The first-order valence-corrected chi connectivity index (χ1v) is 8.20. The third kappa shape index (κ3) is 9.49. The Hall–Kier alpha value is 0.570. The van der Waals surface area contributed by atoms with Crippen LogP contribution in [0, 0.1) is 0 Å². The van der Waals surface area contributed by atoms with Gasteiger partial charge in [0, 0.05) is 0 Å². The first kappa shape index (κ1) is 18.6. The molecule has 0 radical (unpaired) electrons. The topological polar surface area (TPSA) is 85.2 Å². The molecule has 3 atom stereocenters. The average molecular weight is 412 g/mol. The normalized spacial score (nSPS) is 17.7. The molecule has 108 valence electrons. The van der Waals surface area contributed by atoms with Crippen LogP contribution in [0.1, 0.15) is 20.8 Å². The molecule has 6 nitrogen and oxygen atoms in total. The van der Waals surface area contributed by atoms with Crippen LogP contribution in [0.4, 0.5) is 0 Å². The van der Waals surface area contributed by atoms with E-state index in [0.29, 0.717) is 3.39 Å². The molecule has 0 saturated carbocycles. The van der Waals surface area contributed by atoms with Crippen LogP contribution >= 0.6 is 39.7 Å². The Kier molecular flexibility index (Phi) is 8.96. The van der Waals surface area contributed by atoms with Crippen molar-refractivity contribution in [2.45, 2.75) is 33.0 Å². The van der Waals surface area contributed by atoms with Crippen molar-refractivity contribution >= 4 is 39.7 Å². The van der Waals surface area contributed by atoms with Crippen LogP contribution in [-0.4, -0.2) is 35.4 Å². The highest BCUT2D eigenvalue weighted by Gasteiger charge is 2.24. The van der Waals surface area contributed by atoms with Crippen molar-refractivity contribution in [1.82, 2.24) is 0 Å². The summed E-state index contributed by atoms with van der Waals surface area (Å²) in [4.78, 5) is 9.39. The smallest absolute Gasteiger partial charge is 0.407 e. The summed E-state index contributed by atoms with van der Waals surface area (Å²) in [7, 11) is -4.16. The second-order valence-electron chi connectivity index (χ2n) is 3.67. The fourth-order valence-corrected chi connectivity index (χ4v) is 2.09. The Morgan fingerprint density at radius 3 is 2.33 bits per heavy atom. The molecule has 0 aromatic heterocycles. The number of hydrogen-bond donors (Lipinski definition) is 2. The van der Waals surface area contributed by atoms with E-state index >= 15 is 0 Å². The molecule has 0 aromatic rings. The van der Waals surface area contributed by atoms with Crippen LogP contribution in [0.2, 0.25) is 0 Å². The summed E-state index contributed by atoms with van der Waals surface area (Å²) >= 11 is 6.09. The van der Waals surface area contributed by atoms with Gasteiger partial charge < -0.3 is 14.4 Å². The monoisotopic (exact) mass is 410 g/mol. The zero-order chi connectivity index (χ0) is 14.3. The van der Waals surface area contributed by atoms with Crippen LogP contribution in [0.5, 0.6) is 0 Å². The molecular weight excluding hydrogens is 395 g/mol. The number of rotatable bonds is 8. The Labute approximate surface area is 123 Å². The van der Waals surface area contributed by atoms with Crippen molar-refractivity contribution < 1.29 is 28.3 Å². The first-order chi connectivity index (χ1) is 8.14. The van der Waals surface area contributed by atoms with Gasteiger partial charge in [-0.3, -0.25) is 9.42 Å². The third-order valence-corrected chi connectivity index (χ3v) is 3.71. The molecule has 0 heterocycles. The second-order valence-corrected chi connectivity index (χ2v) is 7.69. The fourth-order valence-electron chi connectivity index (χ4n) is 0.785. The van der Waals surface area contributed by atoms with Gasteiger partial charge in [-0.25, -0.2) is 4.57 Å². The molecule has 0 amide bonds. The highest BCUT2D eigenvalue weighted by Crippen LogP contribution is 2.46. The number of aliphatic hydroxyl groups is 1. The number of halogens is 2. The summed E-state index contributed by atoms with van der Waals surface area (Å²) < 4.78 is 26.6. The van der Waals surface area contributed by atoms with Crippen molar-refractivity contribution in [3.63, 3.8) is 0 Å². The van der Waals surface area contributed by atoms with Crippen LogP contribution in [0.3, 0.4) is 0 Å². The lowest BCUT2D eigenvalue weighted by Gasteiger charge is -2.17. The summed E-state index contributed by atoms with van der Waals surface area (Å²) in [5.74, 6) is 0.193. The summed E-state index contributed by atoms with van der Waals surface area (Å²) in [6.45, 7) is 4.75. The van der Waals surface area contributed by atoms with Crippen molar-refractivity contribution in [3.8, 4) is 0 Å². The lowest BCUT2D eigenvalue weighted by atomic mass is 10.4. The molecule has 0 aliphatic heterocycles. The van der Waals surface area contributed by atoms with Gasteiger partial charge in [0.2, 0.25) is 0 Å². The van der Waals surface area contributed by atoms with E-state index in [2.05, 4.69) is 31.9 Å². The Bertz CT molecular complexity index is 329. The molecule has 0 bridgehead atoms. The van der Waals surface area contributed by atoms with Gasteiger partial charge in [0.05, 0.1) is 28.8 Å². The first-order valence-electron chi connectivity index (χ1n) is 5.12. The lowest BCUT2D eigenvalue weighted by Crippen LogP contribution is -2.21. The number of hydrogen-bond acceptors (Lipinski definition) is 5. The van der Waals surface area contributed by atoms with Crippen LogP contribution in [-0.2, 0) is 18.3 Å². The maximum Gasteiger partial charge on any atom is 0.527 e. The maximum atomic E-state index is 11.5. The van der Waals surface area contributed by atoms with E-state index in [4.69, 9.17) is 18.9 Å². The Balaban J connectivity index is 4.11. The second kappa shape index (κ2) is 8.68. The van der Waals surface area contributed by atoms with Crippen LogP contribution < -0.4 is 0 Å². The van der Waals surface area contributed by atoms with E-state index in [9.17, 15) is 9.46 Å². The number of phosphoric acid groups is 1. The predicted molar refractivity (Wildman–Crippen MR) is 74.5 cm³/mol. The molecule has 0 fully saturated rings. The molecule has 2 N–H and O–H groups in total. The standard InChI is InChI=1S/C9H17Br2O6P/c1-6(12)4-15-7(2)5-16-18(13,14)17-8(3)9(10)11/h6-7,12H,4-5H2,1-3H3,(H,13,14).